The highest BCUT2D eigenvalue weighted by atomic mass is 19.1. The summed E-state index contributed by atoms with van der Waals surface area (Å²) in [4.78, 5) is 4.12. The van der Waals surface area contributed by atoms with Crippen LogP contribution in [0.3, 0.4) is 0 Å². The van der Waals surface area contributed by atoms with E-state index in [-0.39, 0.29) is 11.9 Å². The molecule has 0 aliphatic heterocycles. The summed E-state index contributed by atoms with van der Waals surface area (Å²) in [6.45, 7) is 1.86. The molecule has 0 saturated carbocycles. The van der Waals surface area contributed by atoms with E-state index < -0.39 is 0 Å². The number of hydrogen-bond donors (Lipinski definition) is 1. The minimum absolute atomic E-state index is 0.283. The molecule has 4 heteroatoms. The number of hydrogen-bond acceptors (Lipinski definition) is 2. The van der Waals surface area contributed by atoms with Gasteiger partial charge in [0.15, 0.2) is 0 Å². The molecule has 3 rings (SSSR count). The Morgan fingerprint density at radius 2 is 1.90 bits per heavy atom. The van der Waals surface area contributed by atoms with E-state index in [0.29, 0.717) is 5.69 Å². The zero-order chi connectivity index (χ0) is 14.8. The summed E-state index contributed by atoms with van der Waals surface area (Å²) in [5, 5.41) is 0. The monoisotopic (exact) mass is 281 g/mol. The Labute approximate surface area is 122 Å². The van der Waals surface area contributed by atoms with Gasteiger partial charge in [0.25, 0.3) is 0 Å². The normalized spacial score (nSPS) is 12.3. The van der Waals surface area contributed by atoms with Gasteiger partial charge in [-0.05, 0) is 30.2 Å². The summed E-state index contributed by atoms with van der Waals surface area (Å²) in [6.07, 6.45) is 3.27. The van der Waals surface area contributed by atoms with Crippen molar-refractivity contribution < 1.29 is 4.39 Å². The van der Waals surface area contributed by atoms with Crippen LogP contribution in [-0.2, 0) is 0 Å². The van der Waals surface area contributed by atoms with Gasteiger partial charge in [0.05, 0.1) is 29.9 Å². The van der Waals surface area contributed by atoms with Crippen LogP contribution in [0.5, 0.6) is 0 Å². The van der Waals surface area contributed by atoms with Crippen LogP contribution < -0.4 is 5.73 Å². The van der Waals surface area contributed by atoms with E-state index in [1.54, 1.807) is 23.2 Å². The molecule has 0 fully saturated rings. The quantitative estimate of drug-likeness (QED) is 0.800. The van der Waals surface area contributed by atoms with Crippen molar-refractivity contribution in [3.8, 4) is 5.69 Å². The number of benzene rings is 2. The first-order chi connectivity index (χ1) is 10.2. The number of imidazole rings is 1. The Kier molecular flexibility index (Phi) is 3.54. The van der Waals surface area contributed by atoms with Gasteiger partial charge in [0.1, 0.15) is 5.82 Å². The van der Waals surface area contributed by atoms with Crippen LogP contribution in [0.2, 0.25) is 0 Å². The minimum Gasteiger partial charge on any atom is -0.319 e. The third-order valence-electron chi connectivity index (χ3n) is 3.51. The van der Waals surface area contributed by atoms with Gasteiger partial charge < -0.3 is 5.73 Å². The number of rotatable bonds is 3. The smallest absolute Gasteiger partial charge is 0.147 e. The Hall–Kier alpha value is -2.46. The molecular weight excluding hydrogens is 265 g/mol. The van der Waals surface area contributed by atoms with Gasteiger partial charge in [0.2, 0.25) is 0 Å². The molecule has 0 bridgehead atoms. The molecule has 21 heavy (non-hydrogen) atoms. The Balaban J connectivity index is 2.05. The average molecular weight is 281 g/mol. The second kappa shape index (κ2) is 5.50. The van der Waals surface area contributed by atoms with Crippen molar-refractivity contribution in [3.63, 3.8) is 0 Å². The number of aryl methyl sites for hydroxylation is 1. The average Bonchev–Trinajstić information content (AvgIpc) is 2.96. The molecule has 0 aliphatic carbocycles. The topological polar surface area (TPSA) is 43.8 Å². The molecule has 2 N–H and O–H groups in total. The molecule has 1 aromatic heterocycles. The maximum atomic E-state index is 14.2. The van der Waals surface area contributed by atoms with E-state index in [9.17, 15) is 4.39 Å². The minimum atomic E-state index is -0.352. The van der Waals surface area contributed by atoms with E-state index in [1.165, 1.54) is 6.07 Å². The van der Waals surface area contributed by atoms with Crippen LogP contribution in [0.4, 0.5) is 4.39 Å². The summed E-state index contributed by atoms with van der Waals surface area (Å²) in [6, 6.07) is 14.5. The van der Waals surface area contributed by atoms with E-state index in [4.69, 9.17) is 5.73 Å². The lowest BCUT2D eigenvalue weighted by Crippen LogP contribution is -2.16. The molecule has 0 spiro atoms. The van der Waals surface area contributed by atoms with Gasteiger partial charge in [-0.25, -0.2) is 9.37 Å². The lowest BCUT2D eigenvalue weighted by Gasteiger charge is -2.15. The van der Waals surface area contributed by atoms with Crippen molar-refractivity contribution in [2.45, 2.75) is 13.0 Å². The van der Waals surface area contributed by atoms with Crippen molar-refractivity contribution in [1.82, 2.24) is 9.55 Å². The first-order valence-electron chi connectivity index (χ1n) is 6.76. The fourth-order valence-electron chi connectivity index (χ4n) is 2.38. The maximum absolute atomic E-state index is 14.2. The molecular formula is C17H16FN3. The standard InChI is InChI=1S/C17H16FN3/c1-12-7-8-15(14(18)9-12)21-11-20-10-16(21)17(19)13-5-3-2-4-6-13/h2-11,17H,19H2,1H3. The Morgan fingerprint density at radius 1 is 1.14 bits per heavy atom. The number of halogens is 1. The fourth-order valence-corrected chi connectivity index (χ4v) is 2.38. The molecule has 0 saturated heterocycles. The maximum Gasteiger partial charge on any atom is 0.147 e. The lowest BCUT2D eigenvalue weighted by molar-refractivity contribution is 0.612. The summed E-state index contributed by atoms with van der Waals surface area (Å²) in [5.41, 5.74) is 9.35. The van der Waals surface area contributed by atoms with Crippen molar-refractivity contribution in [2.75, 3.05) is 0 Å². The molecule has 106 valence electrons. The Morgan fingerprint density at radius 3 is 2.62 bits per heavy atom. The van der Waals surface area contributed by atoms with Crippen molar-refractivity contribution in [3.05, 3.63) is 83.7 Å². The lowest BCUT2D eigenvalue weighted by atomic mass is 10.1. The predicted molar refractivity (Wildman–Crippen MR) is 80.7 cm³/mol. The molecule has 1 heterocycles. The zero-order valence-corrected chi connectivity index (χ0v) is 11.7. The number of aromatic nitrogens is 2. The van der Waals surface area contributed by atoms with Crippen LogP contribution in [0.15, 0.2) is 61.1 Å². The van der Waals surface area contributed by atoms with Crippen molar-refractivity contribution >= 4 is 0 Å². The van der Waals surface area contributed by atoms with E-state index in [0.717, 1.165) is 16.8 Å². The highest BCUT2D eigenvalue weighted by molar-refractivity contribution is 5.40. The van der Waals surface area contributed by atoms with E-state index in [2.05, 4.69) is 4.98 Å². The first kappa shape index (κ1) is 13.5. The molecule has 2 aromatic carbocycles. The van der Waals surface area contributed by atoms with Gasteiger partial charge in [-0.3, -0.25) is 4.57 Å². The molecule has 3 aromatic rings. The molecule has 1 atom stereocenters. The fraction of sp³-hybridized carbons (Fsp3) is 0.118. The molecule has 0 aliphatic rings. The van der Waals surface area contributed by atoms with Crippen LogP contribution in [0.25, 0.3) is 5.69 Å². The largest absolute Gasteiger partial charge is 0.319 e. The summed E-state index contributed by atoms with van der Waals surface area (Å²) in [5.74, 6) is -0.283. The summed E-state index contributed by atoms with van der Waals surface area (Å²) >= 11 is 0. The highest BCUT2D eigenvalue weighted by Gasteiger charge is 2.16. The van der Waals surface area contributed by atoms with Crippen LogP contribution in [-0.4, -0.2) is 9.55 Å². The zero-order valence-electron chi connectivity index (χ0n) is 11.7. The van der Waals surface area contributed by atoms with E-state index in [1.807, 2.05) is 43.3 Å². The van der Waals surface area contributed by atoms with Gasteiger partial charge in [0, 0.05) is 0 Å². The van der Waals surface area contributed by atoms with Gasteiger partial charge >= 0.3 is 0 Å². The summed E-state index contributed by atoms with van der Waals surface area (Å²) in [7, 11) is 0. The molecule has 1 unspecified atom stereocenters. The first-order valence-corrected chi connectivity index (χ1v) is 6.76. The third-order valence-corrected chi connectivity index (χ3v) is 3.51. The molecule has 0 radical (unpaired) electrons. The van der Waals surface area contributed by atoms with Crippen LogP contribution in [0, 0.1) is 12.7 Å². The van der Waals surface area contributed by atoms with Gasteiger partial charge in [-0.15, -0.1) is 0 Å². The molecule has 3 nitrogen and oxygen atoms in total. The molecule has 0 amide bonds. The van der Waals surface area contributed by atoms with Crippen LogP contribution in [0.1, 0.15) is 22.9 Å². The SMILES string of the molecule is Cc1ccc(-n2cncc2C(N)c2ccccc2)c(F)c1. The van der Waals surface area contributed by atoms with Gasteiger partial charge in [-0.2, -0.15) is 0 Å². The van der Waals surface area contributed by atoms with E-state index >= 15 is 0 Å². The van der Waals surface area contributed by atoms with Crippen molar-refractivity contribution in [1.29, 1.82) is 0 Å². The summed E-state index contributed by atoms with van der Waals surface area (Å²) < 4.78 is 15.9. The highest BCUT2D eigenvalue weighted by Crippen LogP contribution is 2.23. The van der Waals surface area contributed by atoms with Gasteiger partial charge in [-0.1, -0.05) is 36.4 Å². The van der Waals surface area contributed by atoms with Crippen LogP contribution >= 0.6 is 0 Å². The Bertz CT molecular complexity index is 750. The predicted octanol–water partition coefficient (Wildman–Crippen LogP) is 3.37. The second-order valence-electron chi connectivity index (χ2n) is 5.03. The number of nitrogens with two attached hydrogens (primary N) is 1. The second-order valence-corrected chi connectivity index (χ2v) is 5.03. The van der Waals surface area contributed by atoms with Crippen molar-refractivity contribution in [2.24, 2.45) is 5.73 Å². The number of nitrogens with zero attached hydrogens (tertiary/aromatic N) is 2. The third kappa shape index (κ3) is 2.58.